The second kappa shape index (κ2) is 4.88. The van der Waals surface area contributed by atoms with Crippen LogP contribution in [0.25, 0.3) is 0 Å². The molecule has 1 fully saturated rings. The van der Waals surface area contributed by atoms with Crippen molar-refractivity contribution in [2.75, 3.05) is 18.5 Å². The summed E-state index contributed by atoms with van der Waals surface area (Å²) in [7, 11) is 1.98. The molecule has 88 valence electrons. The molecule has 1 heterocycles. The Balaban J connectivity index is 2.09. The van der Waals surface area contributed by atoms with E-state index in [2.05, 4.69) is 48.3 Å². The summed E-state index contributed by atoms with van der Waals surface area (Å²) in [5.74, 6) is 0.826. The van der Waals surface area contributed by atoms with Gasteiger partial charge in [-0.05, 0) is 44.0 Å². The molecule has 16 heavy (non-hydrogen) atoms. The highest BCUT2D eigenvalue weighted by Gasteiger charge is 2.25. The molecule has 0 amide bonds. The van der Waals surface area contributed by atoms with Crippen molar-refractivity contribution in [2.45, 2.75) is 32.9 Å². The SMILES string of the molecule is CNCc1ccc(N2CC(C)CC2C)cc1. The minimum absolute atomic E-state index is 0.685. The fraction of sp³-hybridized carbons (Fsp3) is 0.571. The highest BCUT2D eigenvalue weighted by atomic mass is 15.2. The van der Waals surface area contributed by atoms with Crippen LogP contribution in [0.5, 0.6) is 0 Å². The van der Waals surface area contributed by atoms with Gasteiger partial charge in [-0.3, -0.25) is 0 Å². The average Bonchev–Trinajstić information content (AvgIpc) is 2.59. The smallest absolute Gasteiger partial charge is 0.0368 e. The molecule has 2 atom stereocenters. The first-order valence-electron chi connectivity index (χ1n) is 6.21. The van der Waals surface area contributed by atoms with Crippen molar-refractivity contribution in [3.8, 4) is 0 Å². The van der Waals surface area contributed by atoms with Crippen LogP contribution in [0.1, 0.15) is 25.8 Å². The molecule has 1 aromatic rings. The van der Waals surface area contributed by atoms with Crippen LogP contribution in [0.2, 0.25) is 0 Å². The molecule has 1 aliphatic heterocycles. The number of hydrogen-bond donors (Lipinski definition) is 1. The Morgan fingerprint density at radius 1 is 1.25 bits per heavy atom. The number of benzene rings is 1. The summed E-state index contributed by atoms with van der Waals surface area (Å²) in [5.41, 5.74) is 2.72. The lowest BCUT2D eigenvalue weighted by atomic mass is 10.1. The molecule has 2 nitrogen and oxygen atoms in total. The molecule has 0 radical (unpaired) electrons. The lowest BCUT2D eigenvalue weighted by Gasteiger charge is -2.24. The summed E-state index contributed by atoms with van der Waals surface area (Å²) in [6.07, 6.45) is 1.32. The second-order valence-corrected chi connectivity index (χ2v) is 5.04. The fourth-order valence-electron chi connectivity index (χ4n) is 2.67. The maximum atomic E-state index is 3.18. The van der Waals surface area contributed by atoms with Crippen LogP contribution >= 0.6 is 0 Å². The Morgan fingerprint density at radius 2 is 1.94 bits per heavy atom. The van der Waals surface area contributed by atoms with Gasteiger partial charge in [-0.1, -0.05) is 19.1 Å². The van der Waals surface area contributed by atoms with Crippen LogP contribution in [0.15, 0.2) is 24.3 Å². The minimum Gasteiger partial charge on any atom is -0.369 e. The van der Waals surface area contributed by atoms with Crippen LogP contribution < -0.4 is 10.2 Å². The molecule has 0 bridgehead atoms. The third kappa shape index (κ3) is 2.38. The first-order chi connectivity index (χ1) is 7.70. The fourth-order valence-corrected chi connectivity index (χ4v) is 2.67. The molecule has 2 rings (SSSR count). The Hall–Kier alpha value is -1.02. The Kier molecular flexibility index (Phi) is 3.49. The van der Waals surface area contributed by atoms with Gasteiger partial charge in [0.25, 0.3) is 0 Å². The van der Waals surface area contributed by atoms with Gasteiger partial charge in [-0.15, -0.1) is 0 Å². The summed E-state index contributed by atoms with van der Waals surface area (Å²) < 4.78 is 0. The number of nitrogens with zero attached hydrogens (tertiary/aromatic N) is 1. The van der Waals surface area contributed by atoms with Gasteiger partial charge in [0.2, 0.25) is 0 Å². The van der Waals surface area contributed by atoms with Gasteiger partial charge in [0.15, 0.2) is 0 Å². The van der Waals surface area contributed by atoms with Crippen molar-refractivity contribution in [3.63, 3.8) is 0 Å². The van der Waals surface area contributed by atoms with E-state index >= 15 is 0 Å². The molecule has 1 N–H and O–H groups in total. The normalized spacial score (nSPS) is 25.1. The zero-order chi connectivity index (χ0) is 11.5. The van der Waals surface area contributed by atoms with Crippen LogP contribution in [0.3, 0.4) is 0 Å². The van der Waals surface area contributed by atoms with Gasteiger partial charge in [0.1, 0.15) is 0 Å². The molecule has 1 saturated heterocycles. The molecule has 2 heteroatoms. The van der Waals surface area contributed by atoms with Crippen molar-refractivity contribution in [2.24, 2.45) is 5.92 Å². The summed E-state index contributed by atoms with van der Waals surface area (Å²) in [5, 5.41) is 3.18. The van der Waals surface area contributed by atoms with Crippen LogP contribution in [0, 0.1) is 5.92 Å². The zero-order valence-electron chi connectivity index (χ0n) is 10.5. The van der Waals surface area contributed by atoms with Crippen LogP contribution in [-0.4, -0.2) is 19.6 Å². The molecular formula is C14H22N2. The third-order valence-corrected chi connectivity index (χ3v) is 3.43. The quantitative estimate of drug-likeness (QED) is 0.839. The van der Waals surface area contributed by atoms with Crippen molar-refractivity contribution in [3.05, 3.63) is 29.8 Å². The second-order valence-electron chi connectivity index (χ2n) is 5.04. The van der Waals surface area contributed by atoms with E-state index in [4.69, 9.17) is 0 Å². The van der Waals surface area contributed by atoms with Crippen LogP contribution in [0.4, 0.5) is 5.69 Å². The Bertz CT molecular complexity index is 331. The highest BCUT2D eigenvalue weighted by molar-refractivity contribution is 5.49. The molecule has 0 spiro atoms. The van der Waals surface area contributed by atoms with Gasteiger partial charge in [0, 0.05) is 24.8 Å². The maximum Gasteiger partial charge on any atom is 0.0368 e. The lowest BCUT2D eigenvalue weighted by molar-refractivity contribution is 0.625. The first kappa shape index (κ1) is 11.5. The summed E-state index contributed by atoms with van der Waals surface area (Å²) in [4.78, 5) is 2.52. The molecule has 1 aliphatic rings. The summed E-state index contributed by atoms with van der Waals surface area (Å²) in [6, 6.07) is 9.64. The van der Waals surface area contributed by atoms with Crippen LogP contribution in [-0.2, 0) is 6.54 Å². The van der Waals surface area contributed by atoms with Gasteiger partial charge in [0.05, 0.1) is 0 Å². The van der Waals surface area contributed by atoms with E-state index in [1.165, 1.54) is 24.2 Å². The van der Waals surface area contributed by atoms with Gasteiger partial charge in [-0.2, -0.15) is 0 Å². The number of anilines is 1. The number of rotatable bonds is 3. The number of nitrogens with one attached hydrogen (secondary N) is 1. The van der Waals surface area contributed by atoms with Gasteiger partial charge < -0.3 is 10.2 Å². The van der Waals surface area contributed by atoms with Crippen molar-refractivity contribution >= 4 is 5.69 Å². The Morgan fingerprint density at radius 3 is 2.44 bits per heavy atom. The zero-order valence-corrected chi connectivity index (χ0v) is 10.5. The largest absolute Gasteiger partial charge is 0.369 e. The summed E-state index contributed by atoms with van der Waals surface area (Å²) >= 11 is 0. The van der Waals surface area contributed by atoms with Crippen molar-refractivity contribution in [1.82, 2.24) is 5.32 Å². The molecule has 1 aromatic carbocycles. The van der Waals surface area contributed by atoms with E-state index in [-0.39, 0.29) is 0 Å². The lowest BCUT2D eigenvalue weighted by Crippen LogP contribution is -2.26. The summed E-state index contributed by atoms with van der Waals surface area (Å²) in [6.45, 7) is 6.82. The van der Waals surface area contributed by atoms with Gasteiger partial charge >= 0.3 is 0 Å². The standard InChI is InChI=1S/C14H22N2/c1-11-8-12(2)16(10-11)14-6-4-13(5-7-14)9-15-3/h4-7,11-12,15H,8-10H2,1-3H3. The van der Waals surface area contributed by atoms with E-state index in [1.807, 2.05) is 7.05 Å². The van der Waals surface area contributed by atoms with E-state index < -0.39 is 0 Å². The minimum atomic E-state index is 0.685. The molecular weight excluding hydrogens is 196 g/mol. The average molecular weight is 218 g/mol. The first-order valence-corrected chi connectivity index (χ1v) is 6.21. The molecule has 2 unspecified atom stereocenters. The monoisotopic (exact) mass is 218 g/mol. The predicted molar refractivity (Wildman–Crippen MR) is 69.8 cm³/mol. The van der Waals surface area contributed by atoms with E-state index in [9.17, 15) is 0 Å². The van der Waals surface area contributed by atoms with Crippen molar-refractivity contribution in [1.29, 1.82) is 0 Å². The predicted octanol–water partition coefficient (Wildman–Crippen LogP) is 2.64. The topological polar surface area (TPSA) is 15.3 Å². The number of hydrogen-bond acceptors (Lipinski definition) is 2. The van der Waals surface area contributed by atoms with Crippen molar-refractivity contribution < 1.29 is 0 Å². The van der Waals surface area contributed by atoms with Gasteiger partial charge in [-0.25, -0.2) is 0 Å². The molecule has 0 aliphatic carbocycles. The van der Waals surface area contributed by atoms with E-state index in [1.54, 1.807) is 0 Å². The Labute approximate surface area is 98.7 Å². The highest BCUT2D eigenvalue weighted by Crippen LogP contribution is 2.28. The third-order valence-electron chi connectivity index (χ3n) is 3.43. The van der Waals surface area contributed by atoms with E-state index in [0.717, 1.165) is 12.5 Å². The maximum absolute atomic E-state index is 3.18. The molecule has 0 aromatic heterocycles. The molecule has 0 saturated carbocycles. The van der Waals surface area contributed by atoms with E-state index in [0.29, 0.717) is 6.04 Å².